The molecule has 5 heteroatoms. The number of nitrogen functional groups attached to an aromatic ring is 1. The Balaban J connectivity index is 2.27. The molecule has 0 radical (unpaired) electrons. The molecule has 2 aromatic carbocycles. The molecule has 5 nitrogen and oxygen atoms in total. The fourth-order valence-electron chi connectivity index (χ4n) is 1.84. The number of benzene rings is 2. The topological polar surface area (TPSA) is 62.9 Å². The SMILES string of the molecule is CCOc1cc(Oc2cc(OC)cc(OC)c2)ccc1N. The van der Waals surface area contributed by atoms with Gasteiger partial charge in [0.1, 0.15) is 28.7 Å². The lowest BCUT2D eigenvalue weighted by atomic mass is 10.2. The Morgan fingerprint density at radius 1 is 0.857 bits per heavy atom. The monoisotopic (exact) mass is 289 g/mol. The van der Waals surface area contributed by atoms with Crippen molar-refractivity contribution in [3.8, 4) is 28.7 Å². The van der Waals surface area contributed by atoms with Crippen molar-refractivity contribution in [2.45, 2.75) is 6.92 Å². The van der Waals surface area contributed by atoms with Crippen LogP contribution in [0.1, 0.15) is 6.92 Å². The van der Waals surface area contributed by atoms with E-state index in [1.807, 2.05) is 6.92 Å². The zero-order chi connectivity index (χ0) is 15.2. The molecule has 0 saturated heterocycles. The highest BCUT2D eigenvalue weighted by molar-refractivity contribution is 5.56. The zero-order valence-electron chi connectivity index (χ0n) is 12.4. The third-order valence-electron chi connectivity index (χ3n) is 2.85. The molecule has 0 aliphatic carbocycles. The van der Waals surface area contributed by atoms with Crippen LogP contribution in [0.25, 0.3) is 0 Å². The second kappa shape index (κ2) is 6.74. The summed E-state index contributed by atoms with van der Waals surface area (Å²) < 4.78 is 21.7. The van der Waals surface area contributed by atoms with Gasteiger partial charge in [0.2, 0.25) is 0 Å². The Hall–Kier alpha value is -2.56. The average Bonchev–Trinajstić information content (AvgIpc) is 2.50. The van der Waals surface area contributed by atoms with Crippen molar-refractivity contribution < 1.29 is 18.9 Å². The standard InChI is InChI=1S/C16H19NO4/c1-4-20-16-10-11(5-6-15(16)17)21-14-8-12(18-2)7-13(9-14)19-3/h5-10H,4,17H2,1-3H3. The van der Waals surface area contributed by atoms with Crippen molar-refractivity contribution >= 4 is 5.69 Å². The van der Waals surface area contributed by atoms with Gasteiger partial charge >= 0.3 is 0 Å². The first-order valence-electron chi connectivity index (χ1n) is 6.59. The van der Waals surface area contributed by atoms with E-state index in [-0.39, 0.29) is 0 Å². The van der Waals surface area contributed by atoms with Crippen LogP contribution in [0.5, 0.6) is 28.7 Å². The lowest BCUT2D eigenvalue weighted by molar-refractivity contribution is 0.340. The Morgan fingerprint density at radius 3 is 2.05 bits per heavy atom. The maximum absolute atomic E-state index is 5.84. The van der Waals surface area contributed by atoms with E-state index >= 15 is 0 Å². The van der Waals surface area contributed by atoms with Crippen LogP contribution in [-0.4, -0.2) is 20.8 Å². The minimum Gasteiger partial charge on any atom is -0.496 e. The number of methoxy groups -OCH3 is 2. The second-order valence-electron chi connectivity index (χ2n) is 4.28. The molecular weight excluding hydrogens is 270 g/mol. The summed E-state index contributed by atoms with van der Waals surface area (Å²) in [6.45, 7) is 2.44. The van der Waals surface area contributed by atoms with Crippen LogP contribution in [0, 0.1) is 0 Å². The van der Waals surface area contributed by atoms with Gasteiger partial charge in [-0.25, -0.2) is 0 Å². The average molecular weight is 289 g/mol. The van der Waals surface area contributed by atoms with Gasteiger partial charge in [-0.1, -0.05) is 0 Å². The van der Waals surface area contributed by atoms with E-state index in [1.54, 1.807) is 50.6 Å². The van der Waals surface area contributed by atoms with E-state index in [1.165, 1.54) is 0 Å². The third kappa shape index (κ3) is 3.72. The van der Waals surface area contributed by atoms with Crippen molar-refractivity contribution in [3.63, 3.8) is 0 Å². The molecule has 0 amide bonds. The lowest BCUT2D eigenvalue weighted by Crippen LogP contribution is -1.97. The molecule has 0 fully saturated rings. The van der Waals surface area contributed by atoms with Gasteiger partial charge in [0, 0.05) is 24.3 Å². The first-order chi connectivity index (χ1) is 10.2. The molecule has 2 rings (SSSR count). The maximum Gasteiger partial charge on any atom is 0.145 e. The first kappa shape index (κ1) is 14.8. The van der Waals surface area contributed by atoms with E-state index in [0.717, 1.165) is 0 Å². The van der Waals surface area contributed by atoms with Crippen molar-refractivity contribution in [1.82, 2.24) is 0 Å². The minimum absolute atomic E-state index is 0.542. The van der Waals surface area contributed by atoms with Crippen LogP contribution in [0.15, 0.2) is 36.4 Å². The molecule has 0 bridgehead atoms. The van der Waals surface area contributed by atoms with Crippen LogP contribution in [0.3, 0.4) is 0 Å². The van der Waals surface area contributed by atoms with Crippen LogP contribution >= 0.6 is 0 Å². The Kier molecular flexibility index (Phi) is 4.77. The Labute approximate surface area is 124 Å². The van der Waals surface area contributed by atoms with Gasteiger partial charge in [0.15, 0.2) is 0 Å². The highest BCUT2D eigenvalue weighted by Gasteiger charge is 2.07. The van der Waals surface area contributed by atoms with Crippen LogP contribution in [-0.2, 0) is 0 Å². The highest BCUT2D eigenvalue weighted by Crippen LogP contribution is 2.33. The lowest BCUT2D eigenvalue weighted by Gasteiger charge is -2.12. The predicted octanol–water partition coefficient (Wildman–Crippen LogP) is 3.48. The van der Waals surface area contributed by atoms with Crippen molar-refractivity contribution in [3.05, 3.63) is 36.4 Å². The molecule has 2 aromatic rings. The normalized spacial score (nSPS) is 10.0. The molecule has 0 unspecified atom stereocenters. The molecular formula is C16H19NO4. The zero-order valence-corrected chi connectivity index (χ0v) is 12.4. The second-order valence-corrected chi connectivity index (χ2v) is 4.28. The molecule has 0 spiro atoms. The summed E-state index contributed by atoms with van der Waals surface area (Å²) in [6, 6.07) is 10.6. The smallest absolute Gasteiger partial charge is 0.145 e. The molecule has 0 saturated carbocycles. The van der Waals surface area contributed by atoms with E-state index in [0.29, 0.717) is 41.0 Å². The highest BCUT2D eigenvalue weighted by atomic mass is 16.5. The largest absolute Gasteiger partial charge is 0.496 e. The summed E-state index contributed by atoms with van der Waals surface area (Å²) in [4.78, 5) is 0. The van der Waals surface area contributed by atoms with E-state index in [2.05, 4.69) is 0 Å². The Morgan fingerprint density at radius 2 is 1.48 bits per heavy atom. The summed E-state index contributed by atoms with van der Waals surface area (Å²) in [5, 5.41) is 0. The van der Waals surface area contributed by atoms with Crippen molar-refractivity contribution in [2.24, 2.45) is 0 Å². The molecule has 0 aliphatic rings. The van der Waals surface area contributed by atoms with Gasteiger partial charge in [0.05, 0.1) is 26.5 Å². The van der Waals surface area contributed by atoms with Crippen LogP contribution in [0.4, 0.5) is 5.69 Å². The molecule has 112 valence electrons. The van der Waals surface area contributed by atoms with Crippen LogP contribution < -0.4 is 24.7 Å². The minimum atomic E-state index is 0.542. The summed E-state index contributed by atoms with van der Waals surface area (Å²) in [5.41, 5.74) is 6.42. The summed E-state index contributed by atoms with van der Waals surface area (Å²) in [7, 11) is 3.18. The van der Waals surface area contributed by atoms with Gasteiger partial charge in [-0.3, -0.25) is 0 Å². The number of rotatable bonds is 6. The molecule has 0 aromatic heterocycles. The van der Waals surface area contributed by atoms with E-state index in [9.17, 15) is 0 Å². The molecule has 2 N–H and O–H groups in total. The number of nitrogens with two attached hydrogens (primary N) is 1. The summed E-state index contributed by atoms with van der Waals surface area (Å²) in [6.07, 6.45) is 0. The predicted molar refractivity (Wildman–Crippen MR) is 81.6 cm³/mol. The number of anilines is 1. The quantitative estimate of drug-likeness (QED) is 0.825. The third-order valence-corrected chi connectivity index (χ3v) is 2.85. The van der Waals surface area contributed by atoms with Crippen molar-refractivity contribution in [1.29, 1.82) is 0 Å². The molecule has 21 heavy (non-hydrogen) atoms. The fourth-order valence-corrected chi connectivity index (χ4v) is 1.84. The number of hydrogen-bond acceptors (Lipinski definition) is 5. The Bertz CT molecular complexity index is 591. The summed E-state index contributed by atoms with van der Waals surface area (Å²) >= 11 is 0. The first-order valence-corrected chi connectivity index (χ1v) is 6.59. The van der Waals surface area contributed by atoms with E-state index in [4.69, 9.17) is 24.7 Å². The fraction of sp³-hybridized carbons (Fsp3) is 0.250. The number of hydrogen-bond donors (Lipinski definition) is 1. The van der Waals surface area contributed by atoms with Gasteiger partial charge < -0.3 is 24.7 Å². The number of ether oxygens (including phenoxy) is 4. The van der Waals surface area contributed by atoms with E-state index < -0.39 is 0 Å². The molecule has 0 aliphatic heterocycles. The maximum atomic E-state index is 5.84. The van der Waals surface area contributed by atoms with Gasteiger partial charge in [-0.15, -0.1) is 0 Å². The van der Waals surface area contributed by atoms with Crippen molar-refractivity contribution in [2.75, 3.05) is 26.6 Å². The van der Waals surface area contributed by atoms with Gasteiger partial charge in [-0.05, 0) is 19.1 Å². The molecule has 0 atom stereocenters. The van der Waals surface area contributed by atoms with Gasteiger partial charge in [-0.2, -0.15) is 0 Å². The summed E-state index contributed by atoms with van der Waals surface area (Å²) in [5.74, 6) is 3.15. The van der Waals surface area contributed by atoms with Gasteiger partial charge in [0.25, 0.3) is 0 Å². The van der Waals surface area contributed by atoms with Crippen LogP contribution in [0.2, 0.25) is 0 Å². The molecule has 0 heterocycles.